The molecule has 5 heteroatoms. The third-order valence-electron chi connectivity index (χ3n) is 3.34. The van der Waals surface area contributed by atoms with Crippen molar-refractivity contribution in [1.29, 1.82) is 10.5 Å². The first-order valence-corrected chi connectivity index (χ1v) is 7.44. The first-order valence-electron chi connectivity index (χ1n) is 7.07. The molecular formula is C18H16ClN4+. The van der Waals surface area contributed by atoms with E-state index < -0.39 is 0 Å². The molecule has 0 aliphatic rings. The minimum absolute atomic E-state index is 0.395. The van der Waals surface area contributed by atoms with Gasteiger partial charge in [-0.2, -0.15) is 10.5 Å². The number of halogens is 1. The number of nitrogens with zero attached hydrogens (tertiary/aromatic N) is 3. The molecular weight excluding hydrogens is 308 g/mol. The molecule has 0 spiro atoms. The van der Waals surface area contributed by atoms with Gasteiger partial charge in [0, 0.05) is 16.7 Å². The van der Waals surface area contributed by atoms with Gasteiger partial charge in [0.25, 0.3) is 0 Å². The van der Waals surface area contributed by atoms with Crippen LogP contribution in [-0.4, -0.2) is 19.1 Å². The molecule has 0 aliphatic carbocycles. The predicted octanol–water partition coefficient (Wildman–Crippen LogP) is 2.57. The largest absolute Gasteiger partial charge is 0.313 e. The zero-order valence-electron chi connectivity index (χ0n) is 13.2. The van der Waals surface area contributed by atoms with Crippen molar-refractivity contribution in [3.8, 4) is 23.3 Å². The summed E-state index contributed by atoms with van der Waals surface area (Å²) >= 11 is 5.94. The maximum absolute atomic E-state index is 9.63. The lowest BCUT2D eigenvalue weighted by atomic mass is 9.93. The van der Waals surface area contributed by atoms with Crippen LogP contribution in [0.1, 0.15) is 22.5 Å². The van der Waals surface area contributed by atoms with Gasteiger partial charge in [0.2, 0.25) is 0 Å². The van der Waals surface area contributed by atoms with E-state index in [4.69, 9.17) is 11.6 Å². The van der Waals surface area contributed by atoms with Crippen molar-refractivity contribution in [2.24, 2.45) is 0 Å². The van der Waals surface area contributed by atoms with Crippen LogP contribution < -0.4 is 4.90 Å². The van der Waals surface area contributed by atoms with E-state index in [0.717, 1.165) is 10.5 Å². The highest BCUT2D eigenvalue weighted by molar-refractivity contribution is 6.30. The van der Waals surface area contributed by atoms with E-state index in [0.29, 0.717) is 33.1 Å². The first kappa shape index (κ1) is 16.7. The van der Waals surface area contributed by atoms with Gasteiger partial charge >= 0.3 is 0 Å². The third-order valence-corrected chi connectivity index (χ3v) is 3.59. The number of rotatable bonds is 3. The van der Waals surface area contributed by atoms with Gasteiger partial charge in [-0.05, 0) is 24.6 Å². The zero-order chi connectivity index (χ0) is 17.0. The van der Waals surface area contributed by atoms with Gasteiger partial charge in [-0.15, -0.1) is 0 Å². The topological polar surface area (TPSA) is 64.9 Å². The second kappa shape index (κ2) is 7.07. The van der Waals surface area contributed by atoms with Crippen LogP contribution in [0.3, 0.4) is 0 Å². The fourth-order valence-electron chi connectivity index (χ4n) is 2.25. The van der Waals surface area contributed by atoms with Crippen LogP contribution in [0, 0.1) is 29.6 Å². The Bertz CT molecular complexity index is 837. The van der Waals surface area contributed by atoms with Gasteiger partial charge in [0.05, 0.1) is 42.8 Å². The second-order valence-electron chi connectivity index (χ2n) is 5.35. The van der Waals surface area contributed by atoms with Crippen LogP contribution in [0.2, 0.25) is 5.02 Å². The molecule has 2 aromatic rings. The second-order valence-corrected chi connectivity index (χ2v) is 5.79. The Balaban J connectivity index is 2.80. The van der Waals surface area contributed by atoms with Crippen LogP contribution in [0.5, 0.6) is 0 Å². The molecule has 23 heavy (non-hydrogen) atoms. The average molecular weight is 324 g/mol. The summed E-state index contributed by atoms with van der Waals surface area (Å²) in [5, 5.41) is 19.7. The van der Waals surface area contributed by atoms with Crippen LogP contribution in [0.4, 0.5) is 0 Å². The van der Waals surface area contributed by atoms with E-state index in [1.807, 2.05) is 38.5 Å². The monoisotopic (exact) mass is 323 g/mol. The van der Waals surface area contributed by atoms with Gasteiger partial charge in [0.1, 0.15) is 12.1 Å². The number of hydrogen-bond donors (Lipinski definition) is 1. The average Bonchev–Trinajstić information content (AvgIpc) is 2.53. The van der Waals surface area contributed by atoms with Crippen molar-refractivity contribution >= 4 is 17.7 Å². The molecule has 1 N–H and O–H groups in total. The molecule has 0 atom stereocenters. The Kier molecular flexibility index (Phi) is 5.13. The van der Waals surface area contributed by atoms with Gasteiger partial charge < -0.3 is 4.90 Å². The molecule has 0 saturated carbocycles. The molecule has 114 valence electrons. The summed E-state index contributed by atoms with van der Waals surface area (Å²) in [7, 11) is 3.94. The Morgan fingerprint density at radius 1 is 1.09 bits per heavy atom. The molecule has 0 bridgehead atoms. The molecule has 0 aliphatic heterocycles. The van der Waals surface area contributed by atoms with Crippen molar-refractivity contribution in [1.82, 2.24) is 4.98 Å². The normalized spacial score (nSPS) is 10.7. The van der Waals surface area contributed by atoms with Crippen molar-refractivity contribution in [2.45, 2.75) is 6.92 Å². The summed E-state index contributed by atoms with van der Waals surface area (Å²) < 4.78 is 0. The molecule has 0 radical (unpaired) electrons. The summed E-state index contributed by atoms with van der Waals surface area (Å²) in [6.07, 6.45) is 3.71. The van der Waals surface area contributed by atoms with E-state index in [1.165, 1.54) is 0 Å². The summed E-state index contributed by atoms with van der Waals surface area (Å²) in [6.45, 7) is 1.78. The number of quaternary nitrogens is 1. The van der Waals surface area contributed by atoms with E-state index >= 15 is 0 Å². The first-order chi connectivity index (χ1) is 11.0. The maximum atomic E-state index is 9.63. The Hall–Kier alpha value is -2.66. The third kappa shape index (κ3) is 3.57. The number of aromatic nitrogens is 1. The molecule has 0 unspecified atom stereocenters. The maximum Gasteiger partial charge on any atom is 0.102 e. The zero-order valence-corrected chi connectivity index (χ0v) is 13.9. The van der Waals surface area contributed by atoms with Crippen molar-refractivity contribution in [3.05, 3.63) is 58.0 Å². The quantitative estimate of drug-likeness (QED) is 0.944. The van der Waals surface area contributed by atoms with Gasteiger partial charge in [-0.3, -0.25) is 4.98 Å². The number of hydrogen-bond acceptors (Lipinski definition) is 3. The molecule has 4 nitrogen and oxygen atoms in total. The number of aryl methyl sites for hydroxylation is 1. The van der Waals surface area contributed by atoms with Crippen LogP contribution in [0.15, 0.2) is 30.5 Å². The SMILES string of the molecule is Cc1nc(/C=C/[NH+](C)C)c(C#N)c(-c2ccc(Cl)cc2)c1C#N. The molecule has 0 fully saturated rings. The molecule has 1 aromatic heterocycles. The highest BCUT2D eigenvalue weighted by atomic mass is 35.5. The fourth-order valence-corrected chi connectivity index (χ4v) is 2.37. The molecule has 1 heterocycles. The van der Waals surface area contributed by atoms with Crippen molar-refractivity contribution in [2.75, 3.05) is 14.1 Å². The van der Waals surface area contributed by atoms with Crippen molar-refractivity contribution in [3.63, 3.8) is 0 Å². The Morgan fingerprint density at radius 3 is 2.22 bits per heavy atom. The van der Waals surface area contributed by atoms with E-state index in [1.54, 1.807) is 19.1 Å². The standard InChI is InChI=1S/C18H15ClN4/c1-12-15(10-20)18(13-4-6-14(19)7-5-13)16(11-21)17(22-12)8-9-23(2)3/h4-9H,1-3H3/p+1/b9-8+. The Morgan fingerprint density at radius 2 is 1.70 bits per heavy atom. The van der Waals surface area contributed by atoms with Crippen LogP contribution in [0.25, 0.3) is 17.2 Å². The minimum atomic E-state index is 0.395. The molecule has 1 aromatic carbocycles. The number of pyridine rings is 1. The minimum Gasteiger partial charge on any atom is -0.313 e. The van der Waals surface area contributed by atoms with E-state index in [9.17, 15) is 10.5 Å². The summed E-state index contributed by atoms with van der Waals surface area (Å²) in [5.74, 6) is 0. The predicted molar refractivity (Wildman–Crippen MR) is 90.7 cm³/mol. The summed E-state index contributed by atoms with van der Waals surface area (Å²) in [5.41, 5.74) is 3.36. The highest BCUT2D eigenvalue weighted by Gasteiger charge is 2.18. The lowest BCUT2D eigenvalue weighted by Crippen LogP contribution is -3.00. The summed E-state index contributed by atoms with van der Waals surface area (Å²) in [6, 6.07) is 11.5. The summed E-state index contributed by atoms with van der Waals surface area (Å²) in [4.78, 5) is 5.52. The smallest absolute Gasteiger partial charge is 0.102 e. The highest BCUT2D eigenvalue weighted by Crippen LogP contribution is 2.31. The van der Waals surface area contributed by atoms with Gasteiger partial charge in [-0.25, -0.2) is 0 Å². The lowest BCUT2D eigenvalue weighted by molar-refractivity contribution is -0.800. The number of nitrogens with one attached hydrogen (secondary N) is 1. The molecule has 2 rings (SSSR count). The number of nitriles is 2. The Labute approximate surface area is 140 Å². The van der Waals surface area contributed by atoms with Gasteiger partial charge in [0.15, 0.2) is 0 Å². The van der Waals surface area contributed by atoms with E-state index in [-0.39, 0.29) is 0 Å². The molecule has 0 saturated heterocycles. The number of benzene rings is 1. The van der Waals surface area contributed by atoms with Crippen LogP contribution in [-0.2, 0) is 0 Å². The molecule has 0 amide bonds. The van der Waals surface area contributed by atoms with Crippen molar-refractivity contribution < 1.29 is 4.90 Å². The van der Waals surface area contributed by atoms with Crippen LogP contribution >= 0.6 is 11.6 Å². The lowest BCUT2D eigenvalue weighted by Gasteiger charge is -2.12. The fraction of sp³-hybridized carbons (Fsp3) is 0.167. The van der Waals surface area contributed by atoms with Gasteiger partial charge in [-0.1, -0.05) is 23.7 Å². The van der Waals surface area contributed by atoms with E-state index in [2.05, 4.69) is 17.1 Å².